The number of nitrogens with one attached hydrogen (secondary N) is 1. The Bertz CT molecular complexity index is 379. The molecule has 1 aromatic rings. The topological polar surface area (TPSA) is 55.4 Å². The van der Waals surface area contributed by atoms with E-state index < -0.39 is 17.1 Å². The third-order valence-electron chi connectivity index (χ3n) is 1.74. The van der Waals surface area contributed by atoms with Crippen LogP contribution >= 0.6 is 0 Å². The van der Waals surface area contributed by atoms with Gasteiger partial charge in [0.15, 0.2) is 11.0 Å². The maximum atomic E-state index is 11.6. The molecule has 82 valence electrons. The highest BCUT2D eigenvalue weighted by Crippen LogP contribution is 2.10. The lowest BCUT2D eigenvalue weighted by molar-refractivity contribution is 0.159. The third-order valence-corrected chi connectivity index (χ3v) is 2.95. The van der Waals surface area contributed by atoms with Crippen molar-refractivity contribution in [2.75, 3.05) is 6.61 Å². The average molecular weight is 227 g/mol. The molecule has 0 saturated carbocycles. The smallest absolute Gasteiger partial charge is 0.419 e. The van der Waals surface area contributed by atoms with Crippen LogP contribution in [0.4, 0.5) is 4.79 Å². The molecule has 1 N–H and O–H groups in total. The molecule has 0 aliphatic rings. The fourth-order valence-electron chi connectivity index (χ4n) is 1.06. The first-order valence-corrected chi connectivity index (χ1v) is 5.71. The highest BCUT2D eigenvalue weighted by molar-refractivity contribution is 7.83. The number of carbonyl (C=O) groups is 1. The standard InChI is InChI=1S/C10H13NO3S/c1-3-14-10(12)11-15(13)9-7-5-4-6-8(9)2/h4-7H,3H2,1-2H3,(H,11,12). The van der Waals surface area contributed by atoms with E-state index >= 15 is 0 Å². The summed E-state index contributed by atoms with van der Waals surface area (Å²) in [6.07, 6.45) is -0.668. The van der Waals surface area contributed by atoms with E-state index in [2.05, 4.69) is 9.46 Å². The Labute approximate surface area is 91.2 Å². The van der Waals surface area contributed by atoms with Crippen molar-refractivity contribution in [1.29, 1.82) is 0 Å². The molecule has 0 radical (unpaired) electrons. The Balaban J connectivity index is 2.70. The molecule has 4 nitrogen and oxygen atoms in total. The van der Waals surface area contributed by atoms with Crippen molar-refractivity contribution in [3.63, 3.8) is 0 Å². The lowest BCUT2D eigenvalue weighted by atomic mass is 10.2. The fourth-order valence-corrected chi connectivity index (χ4v) is 1.94. The van der Waals surface area contributed by atoms with Gasteiger partial charge in [0.05, 0.1) is 11.5 Å². The van der Waals surface area contributed by atoms with Gasteiger partial charge in [0.2, 0.25) is 0 Å². The van der Waals surface area contributed by atoms with Crippen molar-refractivity contribution in [3.05, 3.63) is 29.8 Å². The molecular weight excluding hydrogens is 214 g/mol. The first kappa shape index (κ1) is 11.7. The second-order valence-corrected chi connectivity index (χ2v) is 4.04. The van der Waals surface area contributed by atoms with Crippen LogP contribution in [-0.4, -0.2) is 16.9 Å². The fraction of sp³-hybridized carbons (Fsp3) is 0.300. The van der Waals surface area contributed by atoms with Crippen LogP contribution in [0.2, 0.25) is 0 Å². The second-order valence-electron chi connectivity index (χ2n) is 2.86. The molecule has 1 atom stereocenters. The Morgan fingerprint density at radius 1 is 1.47 bits per heavy atom. The summed E-state index contributed by atoms with van der Waals surface area (Å²) in [4.78, 5) is 11.6. The normalized spacial score (nSPS) is 11.9. The third kappa shape index (κ3) is 3.36. The van der Waals surface area contributed by atoms with Crippen molar-refractivity contribution < 1.29 is 13.7 Å². The molecule has 0 fully saturated rings. The zero-order chi connectivity index (χ0) is 11.3. The van der Waals surface area contributed by atoms with Gasteiger partial charge in [-0.1, -0.05) is 18.2 Å². The number of ether oxygens (including phenoxy) is 1. The van der Waals surface area contributed by atoms with Gasteiger partial charge in [0.25, 0.3) is 0 Å². The number of aryl methyl sites for hydroxylation is 1. The van der Waals surface area contributed by atoms with Gasteiger partial charge in [-0.15, -0.1) is 0 Å². The molecule has 0 bridgehead atoms. The zero-order valence-corrected chi connectivity index (χ0v) is 9.47. The van der Waals surface area contributed by atoms with Crippen LogP contribution in [0.1, 0.15) is 12.5 Å². The van der Waals surface area contributed by atoms with Gasteiger partial charge in [0.1, 0.15) is 0 Å². The number of carbonyl (C=O) groups excluding carboxylic acids is 1. The molecular formula is C10H13NO3S. The van der Waals surface area contributed by atoms with E-state index in [9.17, 15) is 9.00 Å². The molecule has 1 unspecified atom stereocenters. The van der Waals surface area contributed by atoms with Gasteiger partial charge >= 0.3 is 6.09 Å². The van der Waals surface area contributed by atoms with Gasteiger partial charge in [0, 0.05) is 0 Å². The predicted octanol–water partition coefficient (Wildman–Crippen LogP) is 1.76. The van der Waals surface area contributed by atoms with Gasteiger partial charge in [-0.2, -0.15) is 0 Å². The Morgan fingerprint density at radius 3 is 2.73 bits per heavy atom. The summed E-state index contributed by atoms with van der Waals surface area (Å²) >= 11 is 0. The average Bonchev–Trinajstić information content (AvgIpc) is 2.18. The van der Waals surface area contributed by atoms with Crippen LogP contribution in [0, 0.1) is 6.92 Å². The summed E-state index contributed by atoms with van der Waals surface area (Å²) in [5.41, 5.74) is 0.868. The Hall–Kier alpha value is -1.36. The van der Waals surface area contributed by atoms with E-state index in [-0.39, 0.29) is 6.61 Å². The highest BCUT2D eigenvalue weighted by Gasteiger charge is 2.10. The summed E-state index contributed by atoms with van der Waals surface area (Å²) in [5.74, 6) is 0. The van der Waals surface area contributed by atoms with Crippen molar-refractivity contribution in [2.24, 2.45) is 0 Å². The minimum absolute atomic E-state index is 0.261. The van der Waals surface area contributed by atoms with Crippen LogP contribution < -0.4 is 4.72 Å². The van der Waals surface area contributed by atoms with E-state index in [1.54, 1.807) is 19.1 Å². The molecule has 1 amide bonds. The quantitative estimate of drug-likeness (QED) is 0.856. The van der Waals surface area contributed by atoms with Gasteiger partial charge < -0.3 is 4.74 Å². The summed E-state index contributed by atoms with van der Waals surface area (Å²) in [6.45, 7) is 3.78. The molecule has 0 aliphatic heterocycles. The van der Waals surface area contributed by atoms with E-state index in [0.29, 0.717) is 4.90 Å². The largest absolute Gasteiger partial charge is 0.449 e. The maximum absolute atomic E-state index is 11.6. The van der Waals surface area contributed by atoms with Gasteiger partial charge in [-0.25, -0.2) is 13.7 Å². The number of benzene rings is 1. The van der Waals surface area contributed by atoms with Crippen molar-refractivity contribution >= 4 is 17.1 Å². The molecule has 1 rings (SSSR count). The van der Waals surface area contributed by atoms with E-state index in [1.165, 1.54) is 0 Å². The number of amides is 1. The first-order chi connectivity index (χ1) is 7.15. The minimum atomic E-state index is -1.55. The molecule has 15 heavy (non-hydrogen) atoms. The van der Waals surface area contributed by atoms with Crippen LogP contribution in [0.15, 0.2) is 29.2 Å². The second kappa shape index (κ2) is 5.50. The van der Waals surface area contributed by atoms with E-state index in [0.717, 1.165) is 5.56 Å². The summed E-state index contributed by atoms with van der Waals surface area (Å²) < 4.78 is 18.5. The van der Waals surface area contributed by atoms with E-state index in [1.807, 2.05) is 19.1 Å². The number of hydrogen-bond donors (Lipinski definition) is 1. The predicted molar refractivity (Wildman–Crippen MR) is 57.7 cm³/mol. The van der Waals surface area contributed by atoms with Gasteiger partial charge in [-0.3, -0.25) is 0 Å². The van der Waals surface area contributed by atoms with Crippen LogP contribution in [-0.2, 0) is 15.7 Å². The van der Waals surface area contributed by atoms with Crippen molar-refractivity contribution in [2.45, 2.75) is 18.7 Å². The van der Waals surface area contributed by atoms with Crippen LogP contribution in [0.25, 0.3) is 0 Å². The number of hydrogen-bond acceptors (Lipinski definition) is 3. The molecule has 0 aliphatic carbocycles. The SMILES string of the molecule is CCOC(=O)NS(=O)c1ccccc1C. The molecule has 0 saturated heterocycles. The molecule has 1 aromatic carbocycles. The maximum Gasteiger partial charge on any atom is 0.419 e. The molecule has 0 heterocycles. The zero-order valence-electron chi connectivity index (χ0n) is 8.65. The minimum Gasteiger partial charge on any atom is -0.449 e. The Kier molecular flexibility index (Phi) is 4.30. The number of rotatable bonds is 3. The van der Waals surface area contributed by atoms with Gasteiger partial charge in [-0.05, 0) is 25.5 Å². The molecule has 0 aromatic heterocycles. The summed E-state index contributed by atoms with van der Waals surface area (Å²) in [7, 11) is -1.55. The van der Waals surface area contributed by atoms with Crippen molar-refractivity contribution in [1.82, 2.24) is 4.72 Å². The lowest BCUT2D eigenvalue weighted by Gasteiger charge is -2.06. The monoisotopic (exact) mass is 227 g/mol. The lowest BCUT2D eigenvalue weighted by Crippen LogP contribution is -2.26. The highest BCUT2D eigenvalue weighted by atomic mass is 32.2. The van der Waals surface area contributed by atoms with Crippen LogP contribution in [0.3, 0.4) is 0 Å². The molecule has 5 heteroatoms. The van der Waals surface area contributed by atoms with E-state index in [4.69, 9.17) is 0 Å². The summed E-state index contributed by atoms with van der Waals surface area (Å²) in [5, 5.41) is 0. The summed E-state index contributed by atoms with van der Waals surface area (Å²) in [6, 6.07) is 7.16. The van der Waals surface area contributed by atoms with Crippen LogP contribution in [0.5, 0.6) is 0 Å². The first-order valence-electron chi connectivity index (χ1n) is 4.56. The Morgan fingerprint density at radius 2 is 2.13 bits per heavy atom. The molecule has 0 spiro atoms. The van der Waals surface area contributed by atoms with Crippen molar-refractivity contribution in [3.8, 4) is 0 Å².